The van der Waals surface area contributed by atoms with Gasteiger partial charge in [0.05, 0.1) is 16.5 Å². The molecule has 0 saturated carbocycles. The zero-order valence-electron chi connectivity index (χ0n) is 11.6. The zero-order chi connectivity index (χ0) is 14.2. The molecule has 0 radical (unpaired) electrons. The van der Waals surface area contributed by atoms with Crippen LogP contribution >= 0.6 is 12.4 Å². The highest BCUT2D eigenvalue weighted by atomic mass is 35.5. The second-order valence-corrected chi connectivity index (χ2v) is 7.59. The van der Waals surface area contributed by atoms with Crippen LogP contribution in [0.1, 0.15) is 18.4 Å². The second kappa shape index (κ2) is 5.93. The van der Waals surface area contributed by atoms with Crippen LogP contribution in [0.25, 0.3) is 0 Å². The molecule has 7 heteroatoms. The highest BCUT2D eigenvalue weighted by molar-refractivity contribution is 7.89. The van der Waals surface area contributed by atoms with Crippen LogP contribution in [0.15, 0.2) is 29.2 Å². The Bertz CT molecular complexity index is 646. The Morgan fingerprint density at radius 3 is 2.52 bits per heavy atom. The number of sulfonamides is 1. The molecule has 1 aromatic carbocycles. The zero-order valence-corrected chi connectivity index (χ0v) is 13.2. The number of nitrogens with zero attached hydrogens (tertiary/aromatic N) is 2. The molecule has 2 saturated heterocycles. The molecule has 1 aromatic rings. The quantitative estimate of drug-likeness (QED) is 0.890. The lowest BCUT2D eigenvalue weighted by Crippen LogP contribution is -2.33. The molecule has 0 bridgehead atoms. The van der Waals surface area contributed by atoms with E-state index in [1.807, 2.05) is 6.07 Å². The molecular weight excluding hydrogens is 310 g/mol. The van der Waals surface area contributed by atoms with Crippen molar-refractivity contribution in [3.8, 4) is 6.07 Å². The molecule has 0 aliphatic carbocycles. The van der Waals surface area contributed by atoms with Crippen LogP contribution in [-0.2, 0) is 10.0 Å². The Morgan fingerprint density at radius 1 is 1.24 bits per heavy atom. The molecule has 1 unspecified atom stereocenters. The van der Waals surface area contributed by atoms with Gasteiger partial charge in [-0.3, -0.25) is 0 Å². The minimum absolute atomic E-state index is 0. The van der Waals surface area contributed by atoms with E-state index in [1.54, 1.807) is 16.4 Å². The molecule has 0 amide bonds. The van der Waals surface area contributed by atoms with Crippen molar-refractivity contribution in [3.05, 3.63) is 29.8 Å². The van der Waals surface area contributed by atoms with Crippen LogP contribution in [0, 0.1) is 16.7 Å². The Morgan fingerprint density at radius 2 is 1.95 bits per heavy atom. The molecule has 2 heterocycles. The highest BCUT2D eigenvalue weighted by Gasteiger charge is 2.44. The first-order valence-electron chi connectivity index (χ1n) is 6.77. The fourth-order valence-corrected chi connectivity index (χ4v) is 4.65. The van der Waals surface area contributed by atoms with Gasteiger partial charge in [-0.1, -0.05) is 0 Å². The van der Waals surface area contributed by atoms with Crippen molar-refractivity contribution in [1.29, 1.82) is 5.26 Å². The summed E-state index contributed by atoms with van der Waals surface area (Å²) in [5.74, 6) is 0. The molecule has 5 nitrogen and oxygen atoms in total. The molecule has 1 atom stereocenters. The van der Waals surface area contributed by atoms with E-state index < -0.39 is 10.0 Å². The summed E-state index contributed by atoms with van der Waals surface area (Å²) in [6.07, 6.45) is 1.97. The molecule has 0 aromatic heterocycles. The van der Waals surface area contributed by atoms with Crippen LogP contribution in [0.5, 0.6) is 0 Å². The summed E-state index contributed by atoms with van der Waals surface area (Å²) >= 11 is 0. The lowest BCUT2D eigenvalue weighted by atomic mass is 9.87. The first-order valence-corrected chi connectivity index (χ1v) is 8.21. The Kier molecular flexibility index (Phi) is 4.59. The average molecular weight is 328 g/mol. The number of hydrogen-bond donors (Lipinski definition) is 1. The van der Waals surface area contributed by atoms with Gasteiger partial charge in [-0.2, -0.15) is 9.57 Å². The van der Waals surface area contributed by atoms with E-state index in [0.29, 0.717) is 18.7 Å². The van der Waals surface area contributed by atoms with Gasteiger partial charge in [0.1, 0.15) is 0 Å². The first-order chi connectivity index (χ1) is 9.56. The monoisotopic (exact) mass is 327 g/mol. The van der Waals surface area contributed by atoms with Gasteiger partial charge in [-0.15, -0.1) is 12.4 Å². The van der Waals surface area contributed by atoms with Crippen molar-refractivity contribution in [2.75, 3.05) is 26.2 Å². The third kappa shape index (κ3) is 2.92. The lowest BCUT2D eigenvalue weighted by Gasteiger charge is -2.22. The van der Waals surface area contributed by atoms with Gasteiger partial charge in [-0.25, -0.2) is 8.42 Å². The number of nitrogens with one attached hydrogen (secondary N) is 1. The molecule has 2 aliphatic rings. The summed E-state index contributed by atoms with van der Waals surface area (Å²) in [5, 5.41) is 12.1. The number of nitriles is 1. The maximum atomic E-state index is 12.6. The molecule has 21 heavy (non-hydrogen) atoms. The molecular formula is C14H18ClN3O2S. The van der Waals surface area contributed by atoms with Crippen molar-refractivity contribution < 1.29 is 8.42 Å². The van der Waals surface area contributed by atoms with E-state index in [0.717, 1.165) is 25.9 Å². The normalized spacial score (nSPS) is 25.7. The van der Waals surface area contributed by atoms with E-state index in [4.69, 9.17) is 5.26 Å². The van der Waals surface area contributed by atoms with Gasteiger partial charge in [0.15, 0.2) is 0 Å². The van der Waals surface area contributed by atoms with Gasteiger partial charge < -0.3 is 5.32 Å². The summed E-state index contributed by atoms with van der Waals surface area (Å²) in [5.41, 5.74) is 0.599. The van der Waals surface area contributed by atoms with Crippen molar-refractivity contribution >= 4 is 22.4 Å². The summed E-state index contributed by atoms with van der Waals surface area (Å²) < 4.78 is 26.8. The van der Waals surface area contributed by atoms with Gasteiger partial charge in [-0.05, 0) is 49.1 Å². The fraction of sp³-hybridized carbons (Fsp3) is 0.500. The van der Waals surface area contributed by atoms with Gasteiger partial charge in [0, 0.05) is 19.6 Å². The molecule has 2 aliphatic heterocycles. The standard InChI is InChI=1S/C14H17N3O2S.ClH/c15-9-12-1-3-13(4-2-12)20(18,19)17-8-6-14(11-17)5-7-16-10-14;/h1-4,16H,5-8,10-11H2;1H. The largest absolute Gasteiger partial charge is 0.316 e. The second-order valence-electron chi connectivity index (χ2n) is 5.65. The number of hydrogen-bond acceptors (Lipinski definition) is 4. The van der Waals surface area contributed by atoms with E-state index in [1.165, 1.54) is 12.1 Å². The van der Waals surface area contributed by atoms with Gasteiger partial charge in [0.2, 0.25) is 10.0 Å². The predicted molar refractivity (Wildman–Crippen MR) is 81.7 cm³/mol. The summed E-state index contributed by atoms with van der Waals surface area (Å²) in [6.45, 7) is 3.07. The Balaban J connectivity index is 0.00000161. The topological polar surface area (TPSA) is 73.2 Å². The Labute approximate surface area is 131 Å². The molecule has 114 valence electrons. The first kappa shape index (κ1) is 16.2. The van der Waals surface area contributed by atoms with Crippen molar-refractivity contribution in [2.24, 2.45) is 5.41 Å². The fourth-order valence-electron chi connectivity index (χ4n) is 3.09. The van der Waals surface area contributed by atoms with Crippen molar-refractivity contribution in [2.45, 2.75) is 17.7 Å². The lowest BCUT2D eigenvalue weighted by molar-refractivity contribution is 0.338. The minimum Gasteiger partial charge on any atom is -0.316 e. The molecule has 3 rings (SSSR count). The number of benzene rings is 1. The smallest absolute Gasteiger partial charge is 0.243 e. The number of rotatable bonds is 2. The van der Waals surface area contributed by atoms with Gasteiger partial charge >= 0.3 is 0 Å². The van der Waals surface area contributed by atoms with Crippen LogP contribution in [0.3, 0.4) is 0 Å². The summed E-state index contributed by atoms with van der Waals surface area (Å²) in [7, 11) is -3.43. The van der Waals surface area contributed by atoms with E-state index in [2.05, 4.69) is 5.32 Å². The molecule has 1 N–H and O–H groups in total. The third-order valence-corrected chi connectivity index (χ3v) is 6.22. The number of halogens is 1. The van der Waals surface area contributed by atoms with Crippen LogP contribution in [-0.4, -0.2) is 38.9 Å². The summed E-state index contributed by atoms with van der Waals surface area (Å²) in [4.78, 5) is 0.277. The van der Waals surface area contributed by atoms with E-state index in [9.17, 15) is 8.42 Å². The van der Waals surface area contributed by atoms with Crippen LogP contribution in [0.4, 0.5) is 0 Å². The average Bonchev–Trinajstić information content (AvgIpc) is 3.10. The maximum absolute atomic E-state index is 12.6. The maximum Gasteiger partial charge on any atom is 0.243 e. The van der Waals surface area contributed by atoms with E-state index in [-0.39, 0.29) is 22.7 Å². The van der Waals surface area contributed by atoms with Crippen molar-refractivity contribution in [3.63, 3.8) is 0 Å². The van der Waals surface area contributed by atoms with Crippen LogP contribution < -0.4 is 5.32 Å². The SMILES string of the molecule is Cl.N#Cc1ccc(S(=O)(=O)N2CCC3(CCNC3)C2)cc1. The molecule has 1 spiro atoms. The van der Waals surface area contributed by atoms with E-state index >= 15 is 0 Å². The third-order valence-electron chi connectivity index (χ3n) is 4.36. The molecule has 2 fully saturated rings. The Hall–Kier alpha value is -1.13. The summed E-state index contributed by atoms with van der Waals surface area (Å²) in [6, 6.07) is 8.14. The highest BCUT2D eigenvalue weighted by Crippen LogP contribution is 2.38. The minimum atomic E-state index is -3.43. The van der Waals surface area contributed by atoms with Crippen LogP contribution in [0.2, 0.25) is 0 Å². The predicted octanol–water partition coefficient (Wildman–Crippen LogP) is 1.35. The van der Waals surface area contributed by atoms with Crippen molar-refractivity contribution in [1.82, 2.24) is 9.62 Å². The van der Waals surface area contributed by atoms with Gasteiger partial charge in [0.25, 0.3) is 0 Å².